The molecule has 2 rings (SSSR count). The highest BCUT2D eigenvalue weighted by molar-refractivity contribution is 7.89. The topological polar surface area (TPSA) is 60.9 Å². The van der Waals surface area contributed by atoms with E-state index >= 15 is 0 Å². The molecule has 1 N–H and O–H groups in total. The molecule has 0 bridgehead atoms. The predicted molar refractivity (Wildman–Crippen MR) is 82.7 cm³/mol. The molecule has 5 nitrogen and oxygen atoms in total. The van der Waals surface area contributed by atoms with Gasteiger partial charge in [-0.2, -0.15) is 4.31 Å². The molecule has 0 spiro atoms. The van der Waals surface area contributed by atoms with E-state index in [1.165, 1.54) is 0 Å². The number of benzene rings is 1. The second kappa shape index (κ2) is 6.87. The van der Waals surface area contributed by atoms with Crippen molar-refractivity contribution in [3.63, 3.8) is 0 Å². The third-order valence-corrected chi connectivity index (χ3v) is 5.99. The van der Waals surface area contributed by atoms with Gasteiger partial charge in [0.05, 0.1) is 4.90 Å². The third-order valence-electron chi connectivity index (χ3n) is 4.11. The smallest absolute Gasteiger partial charge is 0.243 e. The van der Waals surface area contributed by atoms with Crippen molar-refractivity contribution in [3.8, 4) is 0 Å². The Bertz CT molecular complexity index is 557. The third kappa shape index (κ3) is 3.83. The molecule has 118 valence electrons. The fraction of sp³-hybridized carbons (Fsp3) is 0.600. The maximum absolute atomic E-state index is 12.6. The molecule has 1 aliphatic heterocycles. The van der Waals surface area contributed by atoms with Gasteiger partial charge in [-0.3, -0.25) is 0 Å². The number of hydrogen-bond acceptors (Lipinski definition) is 4. The second-order valence-electron chi connectivity index (χ2n) is 5.66. The normalized spacial score (nSPS) is 21.6. The van der Waals surface area contributed by atoms with Crippen molar-refractivity contribution in [2.24, 2.45) is 0 Å². The number of aryl methyl sites for hydroxylation is 1. The highest BCUT2D eigenvalue weighted by atomic mass is 32.2. The number of rotatable bonds is 5. The zero-order chi connectivity index (χ0) is 15.5. The molecule has 0 radical (unpaired) electrons. The van der Waals surface area contributed by atoms with E-state index in [0.717, 1.165) is 18.5 Å². The summed E-state index contributed by atoms with van der Waals surface area (Å²) in [5.74, 6) is 0. The van der Waals surface area contributed by atoms with Crippen LogP contribution in [0.25, 0.3) is 0 Å². The predicted octanol–water partition coefficient (Wildman–Crippen LogP) is 0.936. The summed E-state index contributed by atoms with van der Waals surface area (Å²) in [4.78, 5) is 2.52. The molecule has 1 aliphatic rings. The van der Waals surface area contributed by atoms with Gasteiger partial charge in [0.25, 0.3) is 0 Å². The van der Waals surface area contributed by atoms with Crippen LogP contribution >= 0.6 is 0 Å². The van der Waals surface area contributed by atoms with E-state index in [4.69, 9.17) is 5.11 Å². The number of hydrogen-bond donors (Lipinski definition) is 1. The molecule has 0 saturated carbocycles. The average molecular weight is 312 g/mol. The maximum Gasteiger partial charge on any atom is 0.243 e. The summed E-state index contributed by atoms with van der Waals surface area (Å²) < 4.78 is 26.8. The highest BCUT2D eigenvalue weighted by Gasteiger charge is 2.30. The highest BCUT2D eigenvalue weighted by Crippen LogP contribution is 2.20. The van der Waals surface area contributed by atoms with E-state index < -0.39 is 10.0 Å². The van der Waals surface area contributed by atoms with Crippen LogP contribution in [0.15, 0.2) is 29.2 Å². The van der Waals surface area contributed by atoms with Crippen molar-refractivity contribution in [2.75, 3.05) is 33.3 Å². The fourth-order valence-corrected chi connectivity index (χ4v) is 4.01. The molecular formula is C15H24N2O3S. The lowest BCUT2D eigenvalue weighted by atomic mass is 10.1. The van der Waals surface area contributed by atoms with Gasteiger partial charge in [0.1, 0.15) is 0 Å². The summed E-state index contributed by atoms with van der Waals surface area (Å²) in [6.45, 7) is 4.02. The van der Waals surface area contributed by atoms with E-state index in [9.17, 15) is 8.42 Å². The summed E-state index contributed by atoms with van der Waals surface area (Å²) in [6.07, 6.45) is 1.46. The lowest BCUT2D eigenvalue weighted by Crippen LogP contribution is -2.51. The minimum atomic E-state index is -3.40. The zero-order valence-corrected chi connectivity index (χ0v) is 13.5. The summed E-state index contributed by atoms with van der Waals surface area (Å²) >= 11 is 0. The molecule has 1 atom stereocenters. The Labute approximate surface area is 127 Å². The van der Waals surface area contributed by atoms with Crippen LogP contribution in [0, 0.1) is 0 Å². The van der Waals surface area contributed by atoms with Gasteiger partial charge >= 0.3 is 0 Å². The minimum absolute atomic E-state index is 0.152. The van der Waals surface area contributed by atoms with Gasteiger partial charge in [-0.1, -0.05) is 12.1 Å². The van der Waals surface area contributed by atoms with Crippen LogP contribution in [0.2, 0.25) is 0 Å². The second-order valence-corrected chi connectivity index (χ2v) is 7.60. The molecule has 21 heavy (non-hydrogen) atoms. The number of piperazine rings is 1. The maximum atomic E-state index is 12.6. The van der Waals surface area contributed by atoms with Crippen molar-refractivity contribution in [2.45, 2.75) is 30.7 Å². The van der Waals surface area contributed by atoms with Crippen LogP contribution in [-0.4, -0.2) is 62.1 Å². The van der Waals surface area contributed by atoms with E-state index in [0.29, 0.717) is 24.4 Å². The van der Waals surface area contributed by atoms with Gasteiger partial charge in [0, 0.05) is 32.3 Å². The number of nitrogens with zero attached hydrogens (tertiary/aromatic N) is 2. The first-order valence-corrected chi connectivity index (χ1v) is 8.79. The quantitative estimate of drug-likeness (QED) is 0.879. The van der Waals surface area contributed by atoms with Gasteiger partial charge in [-0.25, -0.2) is 8.42 Å². The number of aliphatic hydroxyl groups excluding tert-OH is 1. The van der Waals surface area contributed by atoms with Gasteiger partial charge in [0.2, 0.25) is 10.0 Å². The van der Waals surface area contributed by atoms with Crippen LogP contribution in [0.5, 0.6) is 0 Å². The molecule has 6 heteroatoms. The lowest BCUT2D eigenvalue weighted by Gasteiger charge is -2.36. The van der Waals surface area contributed by atoms with Crippen molar-refractivity contribution in [1.29, 1.82) is 0 Å². The SMILES string of the molecule is CC1CN(S(=O)(=O)c2ccc(CCCO)cc2)CCN1C. The van der Waals surface area contributed by atoms with E-state index in [1.807, 2.05) is 26.1 Å². The fourth-order valence-electron chi connectivity index (χ4n) is 2.49. The molecule has 1 aromatic rings. The van der Waals surface area contributed by atoms with Gasteiger partial charge in [-0.15, -0.1) is 0 Å². The van der Waals surface area contributed by atoms with E-state index in [1.54, 1.807) is 16.4 Å². The molecular weight excluding hydrogens is 288 g/mol. The number of likely N-dealkylation sites (N-methyl/N-ethyl adjacent to an activating group) is 1. The molecule has 1 fully saturated rings. The summed E-state index contributed by atoms with van der Waals surface area (Å²) in [7, 11) is -1.38. The molecule has 1 unspecified atom stereocenters. The molecule has 0 aliphatic carbocycles. The Hall–Kier alpha value is -0.950. The Morgan fingerprint density at radius 1 is 1.24 bits per heavy atom. The summed E-state index contributed by atoms with van der Waals surface area (Å²) in [6, 6.07) is 7.25. The first-order chi connectivity index (χ1) is 9.95. The standard InChI is InChI=1S/C15H24N2O3S/c1-13-12-17(10-9-16(13)2)21(19,20)15-7-5-14(6-8-15)4-3-11-18/h5-8,13,18H,3-4,9-12H2,1-2H3. The van der Waals surface area contributed by atoms with E-state index in [2.05, 4.69) is 4.90 Å². The molecule has 1 aromatic carbocycles. The lowest BCUT2D eigenvalue weighted by molar-refractivity contribution is 0.159. The Morgan fingerprint density at radius 2 is 1.90 bits per heavy atom. The van der Waals surface area contributed by atoms with Crippen LogP contribution in [-0.2, 0) is 16.4 Å². The van der Waals surface area contributed by atoms with Crippen LogP contribution in [0.3, 0.4) is 0 Å². The minimum Gasteiger partial charge on any atom is -0.396 e. The first-order valence-electron chi connectivity index (χ1n) is 7.35. The van der Waals surface area contributed by atoms with Gasteiger partial charge in [0.15, 0.2) is 0 Å². The zero-order valence-electron chi connectivity index (χ0n) is 12.7. The monoisotopic (exact) mass is 312 g/mol. The van der Waals surface area contributed by atoms with Gasteiger partial charge < -0.3 is 10.0 Å². The first kappa shape index (κ1) is 16.4. The van der Waals surface area contributed by atoms with Crippen molar-refractivity contribution < 1.29 is 13.5 Å². The average Bonchev–Trinajstić information content (AvgIpc) is 2.48. The molecule has 1 heterocycles. The van der Waals surface area contributed by atoms with Crippen LogP contribution < -0.4 is 0 Å². The number of aliphatic hydroxyl groups is 1. The molecule has 0 aromatic heterocycles. The Balaban J connectivity index is 2.12. The summed E-state index contributed by atoms with van der Waals surface area (Å²) in [5, 5.41) is 8.82. The van der Waals surface area contributed by atoms with Crippen molar-refractivity contribution >= 4 is 10.0 Å². The van der Waals surface area contributed by atoms with E-state index in [-0.39, 0.29) is 12.6 Å². The largest absolute Gasteiger partial charge is 0.396 e. The molecule has 0 amide bonds. The van der Waals surface area contributed by atoms with Crippen LogP contribution in [0.4, 0.5) is 0 Å². The Morgan fingerprint density at radius 3 is 2.48 bits per heavy atom. The van der Waals surface area contributed by atoms with Crippen molar-refractivity contribution in [3.05, 3.63) is 29.8 Å². The van der Waals surface area contributed by atoms with Crippen molar-refractivity contribution in [1.82, 2.24) is 9.21 Å². The summed E-state index contributed by atoms with van der Waals surface area (Å²) in [5.41, 5.74) is 1.05. The van der Waals surface area contributed by atoms with Gasteiger partial charge in [-0.05, 0) is 44.5 Å². The van der Waals surface area contributed by atoms with Crippen LogP contribution in [0.1, 0.15) is 18.9 Å². The Kier molecular flexibility index (Phi) is 5.37. The number of sulfonamides is 1. The molecule has 1 saturated heterocycles.